The van der Waals surface area contributed by atoms with E-state index in [1.165, 1.54) is 5.56 Å². The third-order valence-corrected chi connectivity index (χ3v) is 4.29. The van der Waals surface area contributed by atoms with Gasteiger partial charge in [0.2, 0.25) is 5.91 Å². The molecule has 0 bridgehead atoms. The molecule has 4 heteroatoms. The molecule has 0 aliphatic heterocycles. The Morgan fingerprint density at radius 3 is 2.36 bits per heavy atom. The van der Waals surface area contributed by atoms with Crippen LogP contribution in [0.25, 0.3) is 0 Å². The molecule has 0 radical (unpaired) electrons. The molecule has 0 saturated heterocycles. The average molecular weight is 314 g/mol. The second-order valence-electron chi connectivity index (χ2n) is 5.08. The first-order chi connectivity index (χ1) is 10.8. The van der Waals surface area contributed by atoms with Gasteiger partial charge in [0.1, 0.15) is 0 Å². The molecule has 0 spiro atoms. The molecule has 0 aromatic heterocycles. The Hall–Kier alpha value is -1.94. The van der Waals surface area contributed by atoms with Crippen molar-refractivity contribution in [1.82, 2.24) is 5.32 Å². The fourth-order valence-electron chi connectivity index (χ4n) is 2.07. The molecule has 2 aromatic rings. The van der Waals surface area contributed by atoms with Gasteiger partial charge in [-0.1, -0.05) is 48.5 Å². The number of rotatable bonds is 8. The second kappa shape index (κ2) is 9.15. The van der Waals surface area contributed by atoms with Gasteiger partial charge in [-0.05, 0) is 17.7 Å². The van der Waals surface area contributed by atoms with Gasteiger partial charge in [-0.2, -0.15) is 11.8 Å². The topological polar surface area (TPSA) is 32.3 Å². The molecule has 0 heterocycles. The van der Waals surface area contributed by atoms with Crippen molar-refractivity contribution >= 4 is 23.4 Å². The Balaban J connectivity index is 1.60. The van der Waals surface area contributed by atoms with Crippen molar-refractivity contribution in [2.24, 2.45) is 0 Å². The summed E-state index contributed by atoms with van der Waals surface area (Å²) in [6.07, 6.45) is 0. The Morgan fingerprint density at radius 1 is 1.05 bits per heavy atom. The number of carbonyl (C=O) groups excluding carboxylic acids is 1. The quantitative estimate of drug-likeness (QED) is 0.760. The van der Waals surface area contributed by atoms with Crippen molar-refractivity contribution in [3.05, 3.63) is 66.2 Å². The van der Waals surface area contributed by atoms with E-state index in [0.29, 0.717) is 13.1 Å². The SMILES string of the molecule is CN(CC(=O)NCCSCc1ccccc1)c1ccccc1. The molecule has 0 atom stereocenters. The zero-order valence-corrected chi connectivity index (χ0v) is 13.7. The molecule has 0 aliphatic carbocycles. The van der Waals surface area contributed by atoms with Gasteiger partial charge in [0.05, 0.1) is 6.54 Å². The lowest BCUT2D eigenvalue weighted by atomic mass is 10.2. The van der Waals surface area contributed by atoms with Crippen LogP contribution in [-0.4, -0.2) is 31.8 Å². The van der Waals surface area contributed by atoms with Crippen molar-refractivity contribution in [2.75, 3.05) is 30.8 Å². The van der Waals surface area contributed by atoms with Crippen molar-refractivity contribution in [3.63, 3.8) is 0 Å². The van der Waals surface area contributed by atoms with Crippen LogP contribution in [0.2, 0.25) is 0 Å². The van der Waals surface area contributed by atoms with Crippen LogP contribution in [0, 0.1) is 0 Å². The minimum absolute atomic E-state index is 0.0617. The van der Waals surface area contributed by atoms with Crippen LogP contribution in [0.1, 0.15) is 5.56 Å². The molecule has 0 aliphatic rings. The number of nitrogens with one attached hydrogen (secondary N) is 1. The molecule has 22 heavy (non-hydrogen) atoms. The fraction of sp³-hybridized carbons (Fsp3) is 0.278. The normalized spacial score (nSPS) is 10.2. The number of para-hydroxylation sites is 1. The third kappa shape index (κ3) is 5.82. The first-order valence-electron chi connectivity index (χ1n) is 7.40. The highest BCUT2D eigenvalue weighted by atomic mass is 32.2. The Morgan fingerprint density at radius 2 is 1.68 bits per heavy atom. The first kappa shape index (κ1) is 16.4. The summed E-state index contributed by atoms with van der Waals surface area (Å²) in [6, 6.07) is 20.3. The van der Waals surface area contributed by atoms with Crippen LogP contribution in [0.3, 0.4) is 0 Å². The van der Waals surface area contributed by atoms with Crippen LogP contribution in [0.15, 0.2) is 60.7 Å². The predicted molar refractivity (Wildman–Crippen MR) is 95.3 cm³/mol. The maximum Gasteiger partial charge on any atom is 0.239 e. The van der Waals surface area contributed by atoms with E-state index in [4.69, 9.17) is 0 Å². The minimum atomic E-state index is 0.0617. The standard InChI is InChI=1S/C18H22N2OS/c1-20(17-10-6-3-7-11-17)14-18(21)19-12-13-22-15-16-8-4-2-5-9-16/h2-11H,12-15H2,1H3,(H,19,21). The Kier molecular flexibility index (Phi) is 6.84. The number of carbonyl (C=O) groups is 1. The van der Waals surface area contributed by atoms with E-state index in [2.05, 4.69) is 29.6 Å². The van der Waals surface area contributed by atoms with Crippen molar-refractivity contribution in [1.29, 1.82) is 0 Å². The number of amides is 1. The fourth-order valence-corrected chi connectivity index (χ4v) is 2.89. The van der Waals surface area contributed by atoms with Crippen LogP contribution >= 0.6 is 11.8 Å². The smallest absolute Gasteiger partial charge is 0.239 e. The summed E-state index contributed by atoms with van der Waals surface area (Å²) in [4.78, 5) is 13.8. The average Bonchev–Trinajstić information content (AvgIpc) is 2.56. The van der Waals surface area contributed by atoms with E-state index < -0.39 is 0 Å². The number of hydrogen-bond donors (Lipinski definition) is 1. The van der Waals surface area contributed by atoms with Gasteiger partial charge in [-0.3, -0.25) is 4.79 Å². The molecular weight excluding hydrogens is 292 g/mol. The van der Waals surface area contributed by atoms with Gasteiger partial charge in [-0.25, -0.2) is 0 Å². The number of hydrogen-bond acceptors (Lipinski definition) is 3. The van der Waals surface area contributed by atoms with Gasteiger partial charge in [-0.15, -0.1) is 0 Å². The van der Waals surface area contributed by atoms with E-state index in [1.54, 1.807) is 0 Å². The number of thioether (sulfide) groups is 1. The summed E-state index contributed by atoms with van der Waals surface area (Å²) >= 11 is 1.84. The molecular formula is C18H22N2OS. The zero-order valence-electron chi connectivity index (χ0n) is 12.9. The molecule has 0 saturated carbocycles. The predicted octanol–water partition coefficient (Wildman–Crippen LogP) is 3.17. The second-order valence-corrected chi connectivity index (χ2v) is 6.18. The summed E-state index contributed by atoms with van der Waals surface area (Å²) < 4.78 is 0. The molecule has 2 aromatic carbocycles. The number of nitrogens with zero attached hydrogens (tertiary/aromatic N) is 1. The van der Waals surface area contributed by atoms with Crippen LogP contribution < -0.4 is 10.2 Å². The van der Waals surface area contributed by atoms with Crippen molar-refractivity contribution in [2.45, 2.75) is 5.75 Å². The monoisotopic (exact) mass is 314 g/mol. The molecule has 0 fully saturated rings. The van der Waals surface area contributed by atoms with Crippen molar-refractivity contribution < 1.29 is 4.79 Å². The van der Waals surface area contributed by atoms with E-state index in [0.717, 1.165) is 17.2 Å². The highest BCUT2D eigenvalue weighted by Crippen LogP contribution is 2.11. The largest absolute Gasteiger partial charge is 0.365 e. The first-order valence-corrected chi connectivity index (χ1v) is 8.56. The van der Waals surface area contributed by atoms with E-state index >= 15 is 0 Å². The summed E-state index contributed by atoms with van der Waals surface area (Å²) in [7, 11) is 1.93. The highest BCUT2D eigenvalue weighted by molar-refractivity contribution is 7.98. The number of benzene rings is 2. The highest BCUT2D eigenvalue weighted by Gasteiger charge is 2.06. The van der Waals surface area contributed by atoms with Crippen LogP contribution in [0.5, 0.6) is 0 Å². The zero-order chi connectivity index (χ0) is 15.6. The Bertz CT molecular complexity index is 560. The summed E-state index contributed by atoms with van der Waals surface area (Å²) in [5.41, 5.74) is 2.37. The molecule has 1 N–H and O–H groups in total. The summed E-state index contributed by atoms with van der Waals surface area (Å²) in [5, 5.41) is 2.97. The lowest BCUT2D eigenvalue weighted by molar-refractivity contribution is -0.119. The minimum Gasteiger partial charge on any atom is -0.365 e. The van der Waals surface area contributed by atoms with E-state index in [9.17, 15) is 4.79 Å². The third-order valence-electron chi connectivity index (χ3n) is 3.26. The van der Waals surface area contributed by atoms with Gasteiger partial charge < -0.3 is 10.2 Å². The summed E-state index contributed by atoms with van der Waals surface area (Å²) in [6.45, 7) is 1.09. The van der Waals surface area contributed by atoms with Crippen LogP contribution in [0.4, 0.5) is 5.69 Å². The van der Waals surface area contributed by atoms with E-state index in [-0.39, 0.29) is 5.91 Å². The molecule has 2 rings (SSSR count). The molecule has 1 amide bonds. The molecule has 3 nitrogen and oxygen atoms in total. The van der Waals surface area contributed by atoms with Gasteiger partial charge in [0.25, 0.3) is 0 Å². The molecule has 116 valence electrons. The maximum atomic E-state index is 11.9. The molecule has 0 unspecified atom stereocenters. The number of likely N-dealkylation sites (N-methyl/N-ethyl adjacent to an activating group) is 1. The van der Waals surface area contributed by atoms with Gasteiger partial charge >= 0.3 is 0 Å². The van der Waals surface area contributed by atoms with Gasteiger partial charge in [0, 0.05) is 30.8 Å². The van der Waals surface area contributed by atoms with Crippen molar-refractivity contribution in [3.8, 4) is 0 Å². The van der Waals surface area contributed by atoms with E-state index in [1.807, 2.05) is 60.1 Å². The lowest BCUT2D eigenvalue weighted by Crippen LogP contribution is -2.36. The maximum absolute atomic E-state index is 11.9. The lowest BCUT2D eigenvalue weighted by Gasteiger charge is -2.18. The Labute approximate surface area is 136 Å². The summed E-state index contributed by atoms with van der Waals surface area (Å²) in [5.74, 6) is 1.97. The van der Waals surface area contributed by atoms with Crippen LogP contribution in [-0.2, 0) is 10.5 Å². The number of anilines is 1. The van der Waals surface area contributed by atoms with Gasteiger partial charge in [0.15, 0.2) is 0 Å².